The number of aliphatic hydroxyl groups is 1. The number of benzene rings is 1. The van der Waals surface area contributed by atoms with Gasteiger partial charge in [-0.2, -0.15) is 0 Å². The third kappa shape index (κ3) is 6.58. The first kappa shape index (κ1) is 17.7. The molecule has 0 aliphatic rings. The van der Waals surface area contributed by atoms with Crippen molar-refractivity contribution in [1.29, 1.82) is 0 Å². The van der Waals surface area contributed by atoms with E-state index in [0.717, 1.165) is 0 Å². The molecule has 1 rings (SSSR count). The Morgan fingerprint density at radius 2 is 1.89 bits per heavy atom. The smallest absolute Gasteiger partial charge is 0.748 e. The minimum Gasteiger partial charge on any atom is -0.748 e. The number of rotatable bonds is 6. The summed E-state index contributed by atoms with van der Waals surface area (Å²) >= 11 is 0. The fourth-order valence-electron chi connectivity index (χ4n) is 1.21. The van der Waals surface area contributed by atoms with Crippen LogP contribution in [0.2, 0.25) is 0 Å². The Morgan fingerprint density at radius 1 is 1.33 bits per heavy atom. The van der Waals surface area contributed by atoms with Crippen LogP contribution in [-0.2, 0) is 10.1 Å². The molecule has 1 aromatic carbocycles. The van der Waals surface area contributed by atoms with E-state index >= 15 is 0 Å². The minimum absolute atomic E-state index is 0. The predicted octanol–water partition coefficient (Wildman–Crippen LogP) is -3.02. The first-order valence-corrected chi connectivity index (χ1v) is 6.37. The van der Waals surface area contributed by atoms with Crippen LogP contribution in [0.1, 0.15) is 0 Å². The molecule has 1 atom stereocenters. The Balaban J connectivity index is 0.00000289. The molecule has 8 heteroatoms. The van der Waals surface area contributed by atoms with Crippen molar-refractivity contribution in [3.63, 3.8) is 0 Å². The van der Waals surface area contributed by atoms with Crippen LogP contribution in [0.25, 0.3) is 0 Å². The second-order valence-corrected chi connectivity index (χ2v) is 4.79. The summed E-state index contributed by atoms with van der Waals surface area (Å²) in [6.45, 7) is -0.290. The summed E-state index contributed by atoms with van der Waals surface area (Å²) < 4.78 is 41.3. The maximum Gasteiger partial charge on any atom is 1.00 e. The maximum absolute atomic E-state index is 10.4. The summed E-state index contributed by atoms with van der Waals surface area (Å²) in [4.78, 5) is 0. The van der Waals surface area contributed by atoms with Gasteiger partial charge < -0.3 is 19.1 Å². The second-order valence-electron chi connectivity index (χ2n) is 3.34. The fourth-order valence-corrected chi connectivity index (χ4v) is 1.78. The maximum atomic E-state index is 10.4. The van der Waals surface area contributed by atoms with Gasteiger partial charge >= 0.3 is 29.6 Å². The third-order valence-electron chi connectivity index (χ3n) is 1.90. The first-order valence-electron chi connectivity index (χ1n) is 4.80. The van der Waals surface area contributed by atoms with Gasteiger partial charge in [-0.1, -0.05) is 12.1 Å². The van der Waals surface area contributed by atoms with Gasteiger partial charge in [0.15, 0.2) is 11.5 Å². The quantitative estimate of drug-likeness (QED) is 0.441. The molecule has 0 bridgehead atoms. The van der Waals surface area contributed by atoms with Crippen LogP contribution in [0.4, 0.5) is 0 Å². The Kier molecular flexibility index (Phi) is 7.84. The topological polar surface area (TPSA) is 95.9 Å². The Labute approximate surface area is 128 Å². The van der Waals surface area contributed by atoms with Crippen LogP contribution in [0, 0.1) is 0 Å². The van der Waals surface area contributed by atoms with Crippen molar-refractivity contribution in [3.05, 3.63) is 24.3 Å². The van der Waals surface area contributed by atoms with E-state index < -0.39 is 22.0 Å². The summed E-state index contributed by atoms with van der Waals surface area (Å²) in [6.07, 6.45) is -1.36. The number of ether oxygens (including phenoxy) is 2. The number of methoxy groups -OCH3 is 1. The molecule has 0 aliphatic carbocycles. The van der Waals surface area contributed by atoms with Gasteiger partial charge in [0.1, 0.15) is 12.7 Å². The van der Waals surface area contributed by atoms with E-state index in [2.05, 4.69) is 0 Å². The second kappa shape index (κ2) is 7.98. The Hall–Kier alpha value is -0.310. The van der Waals surface area contributed by atoms with E-state index in [4.69, 9.17) is 9.47 Å². The van der Waals surface area contributed by atoms with E-state index in [1.165, 1.54) is 7.11 Å². The molecule has 1 aromatic rings. The summed E-state index contributed by atoms with van der Waals surface area (Å²) in [7, 11) is -3.00. The SMILES string of the molecule is COc1ccccc1OCC(O)CS(=O)(=O)[O-].[Na+]. The van der Waals surface area contributed by atoms with E-state index in [1.54, 1.807) is 24.3 Å². The molecule has 6 nitrogen and oxygen atoms in total. The van der Waals surface area contributed by atoms with Gasteiger partial charge in [-0.05, 0) is 12.1 Å². The molecular formula is C10H13NaO6S. The average molecular weight is 284 g/mol. The molecule has 0 fully saturated rings. The van der Waals surface area contributed by atoms with Crippen LogP contribution >= 0.6 is 0 Å². The Bertz CT molecular complexity index is 461. The zero-order chi connectivity index (χ0) is 12.9. The molecule has 1 N–H and O–H groups in total. The first-order chi connectivity index (χ1) is 7.92. The van der Waals surface area contributed by atoms with Crippen molar-refractivity contribution >= 4 is 10.1 Å². The average Bonchev–Trinajstić information content (AvgIpc) is 2.24. The molecule has 0 saturated carbocycles. The molecule has 0 amide bonds. The van der Waals surface area contributed by atoms with Crippen LogP contribution in [0.15, 0.2) is 24.3 Å². The molecular weight excluding hydrogens is 271 g/mol. The minimum atomic E-state index is -4.45. The van der Waals surface area contributed by atoms with Crippen molar-refractivity contribution in [2.75, 3.05) is 19.5 Å². The summed E-state index contributed by atoms with van der Waals surface area (Å²) in [6, 6.07) is 6.71. The van der Waals surface area contributed by atoms with E-state index in [9.17, 15) is 18.1 Å². The van der Waals surface area contributed by atoms with Gasteiger partial charge in [-0.15, -0.1) is 0 Å². The molecule has 0 saturated heterocycles. The zero-order valence-corrected chi connectivity index (χ0v) is 13.0. The van der Waals surface area contributed by atoms with Gasteiger partial charge in [0.2, 0.25) is 0 Å². The van der Waals surface area contributed by atoms with Crippen LogP contribution in [-0.4, -0.2) is 43.7 Å². The van der Waals surface area contributed by atoms with Crippen molar-refractivity contribution < 1.29 is 57.1 Å². The molecule has 0 aromatic heterocycles. The van der Waals surface area contributed by atoms with Gasteiger partial charge in [0.25, 0.3) is 0 Å². The van der Waals surface area contributed by atoms with Crippen molar-refractivity contribution in [1.82, 2.24) is 0 Å². The third-order valence-corrected chi connectivity index (χ3v) is 2.69. The fraction of sp³-hybridized carbons (Fsp3) is 0.400. The zero-order valence-electron chi connectivity index (χ0n) is 10.2. The van der Waals surface area contributed by atoms with Crippen LogP contribution in [0.3, 0.4) is 0 Å². The number of para-hydroxylation sites is 2. The predicted molar refractivity (Wildman–Crippen MR) is 59.1 cm³/mol. The Morgan fingerprint density at radius 3 is 2.39 bits per heavy atom. The van der Waals surface area contributed by atoms with Gasteiger partial charge in [0.05, 0.1) is 23.0 Å². The molecule has 0 spiro atoms. The molecule has 0 radical (unpaired) electrons. The molecule has 18 heavy (non-hydrogen) atoms. The molecule has 0 aliphatic heterocycles. The van der Waals surface area contributed by atoms with Crippen LogP contribution in [0.5, 0.6) is 11.5 Å². The van der Waals surface area contributed by atoms with Crippen molar-refractivity contribution in [3.8, 4) is 11.5 Å². The standard InChI is InChI=1S/C10H14O6S.Na/c1-15-9-4-2-3-5-10(9)16-6-8(11)7-17(12,13)14;/h2-5,8,11H,6-7H2,1H3,(H,12,13,14);/q;+1/p-1. The largest absolute Gasteiger partial charge is 1.00 e. The van der Waals surface area contributed by atoms with Crippen molar-refractivity contribution in [2.45, 2.75) is 6.10 Å². The molecule has 0 heterocycles. The number of aliphatic hydroxyl groups excluding tert-OH is 1. The molecule has 96 valence electrons. The van der Waals surface area contributed by atoms with Crippen LogP contribution < -0.4 is 39.0 Å². The summed E-state index contributed by atoms with van der Waals surface area (Å²) in [5.41, 5.74) is 0. The summed E-state index contributed by atoms with van der Waals surface area (Å²) in [5, 5.41) is 9.26. The normalized spacial score (nSPS) is 12.4. The number of hydrogen-bond donors (Lipinski definition) is 1. The van der Waals surface area contributed by atoms with E-state index in [1.807, 2.05) is 0 Å². The monoisotopic (exact) mass is 284 g/mol. The number of hydrogen-bond acceptors (Lipinski definition) is 6. The van der Waals surface area contributed by atoms with Gasteiger partial charge in [-0.3, -0.25) is 0 Å². The van der Waals surface area contributed by atoms with E-state index in [-0.39, 0.29) is 36.2 Å². The van der Waals surface area contributed by atoms with Crippen molar-refractivity contribution in [2.24, 2.45) is 0 Å². The van der Waals surface area contributed by atoms with Gasteiger partial charge in [-0.25, -0.2) is 8.42 Å². The summed E-state index contributed by atoms with van der Waals surface area (Å²) in [5.74, 6) is -0.0377. The van der Waals surface area contributed by atoms with E-state index in [0.29, 0.717) is 11.5 Å². The van der Waals surface area contributed by atoms with Gasteiger partial charge in [0, 0.05) is 0 Å². The molecule has 1 unspecified atom stereocenters.